The van der Waals surface area contributed by atoms with Crippen LogP contribution < -0.4 is 5.56 Å². The SMILES string of the molecule is O=c1c2c(F)cccc2nc(C2C[CH]C2)n1-c1ccccc1. The number of benzene rings is 2. The van der Waals surface area contributed by atoms with Crippen molar-refractivity contribution in [3.05, 3.63) is 76.9 Å². The molecule has 0 unspecified atom stereocenters. The van der Waals surface area contributed by atoms with E-state index in [1.165, 1.54) is 6.07 Å². The van der Waals surface area contributed by atoms with Crippen LogP contribution in [0, 0.1) is 12.2 Å². The molecule has 0 spiro atoms. The Labute approximate surface area is 127 Å². The minimum Gasteiger partial charge on any atom is -0.268 e. The number of fused-ring (bicyclic) bond motifs is 1. The Morgan fingerprint density at radius 2 is 1.82 bits per heavy atom. The van der Waals surface area contributed by atoms with E-state index in [2.05, 4.69) is 11.4 Å². The van der Waals surface area contributed by atoms with Crippen LogP contribution in [0.3, 0.4) is 0 Å². The number of hydrogen-bond donors (Lipinski definition) is 0. The van der Waals surface area contributed by atoms with E-state index in [1.54, 1.807) is 16.7 Å². The van der Waals surface area contributed by atoms with Crippen LogP contribution in [0.4, 0.5) is 4.39 Å². The van der Waals surface area contributed by atoms with Crippen molar-refractivity contribution in [1.82, 2.24) is 9.55 Å². The van der Waals surface area contributed by atoms with Crippen LogP contribution in [-0.4, -0.2) is 9.55 Å². The molecule has 4 rings (SSSR count). The zero-order valence-corrected chi connectivity index (χ0v) is 11.9. The first-order valence-electron chi connectivity index (χ1n) is 7.34. The highest BCUT2D eigenvalue weighted by atomic mass is 19.1. The molecule has 1 fully saturated rings. The van der Waals surface area contributed by atoms with Crippen molar-refractivity contribution in [3.8, 4) is 5.69 Å². The molecule has 1 aromatic heterocycles. The Morgan fingerprint density at radius 3 is 2.50 bits per heavy atom. The summed E-state index contributed by atoms with van der Waals surface area (Å²) in [6, 6.07) is 13.9. The minimum absolute atomic E-state index is 0.0541. The van der Waals surface area contributed by atoms with Gasteiger partial charge in [0, 0.05) is 5.92 Å². The highest BCUT2D eigenvalue weighted by molar-refractivity contribution is 5.78. The molecule has 1 radical (unpaired) electrons. The quantitative estimate of drug-likeness (QED) is 0.723. The summed E-state index contributed by atoms with van der Waals surface area (Å²) in [7, 11) is 0. The zero-order valence-electron chi connectivity index (χ0n) is 11.9. The van der Waals surface area contributed by atoms with Crippen molar-refractivity contribution in [2.45, 2.75) is 18.8 Å². The number of halogens is 1. The lowest BCUT2D eigenvalue weighted by Gasteiger charge is -2.27. The Hall–Kier alpha value is -2.49. The van der Waals surface area contributed by atoms with Crippen LogP contribution in [0.15, 0.2) is 53.3 Å². The molecule has 1 aliphatic rings. The molecule has 0 amide bonds. The summed E-state index contributed by atoms with van der Waals surface area (Å²) in [5, 5.41) is 0.0541. The van der Waals surface area contributed by atoms with E-state index < -0.39 is 5.82 Å². The summed E-state index contributed by atoms with van der Waals surface area (Å²) in [5.74, 6) is 0.420. The highest BCUT2D eigenvalue weighted by Crippen LogP contribution is 2.35. The van der Waals surface area contributed by atoms with Crippen LogP contribution in [-0.2, 0) is 0 Å². The van der Waals surface area contributed by atoms with Crippen molar-refractivity contribution in [2.75, 3.05) is 0 Å². The van der Waals surface area contributed by atoms with Crippen molar-refractivity contribution < 1.29 is 4.39 Å². The second-order valence-corrected chi connectivity index (χ2v) is 5.54. The maximum atomic E-state index is 14.1. The predicted molar refractivity (Wildman–Crippen MR) is 83.6 cm³/mol. The number of hydrogen-bond acceptors (Lipinski definition) is 2. The first-order valence-corrected chi connectivity index (χ1v) is 7.34. The van der Waals surface area contributed by atoms with Gasteiger partial charge in [0.25, 0.3) is 5.56 Å². The molecule has 1 saturated carbocycles. The number of nitrogens with zero attached hydrogens (tertiary/aromatic N) is 2. The predicted octanol–water partition coefficient (Wildman–Crippen LogP) is 3.61. The van der Waals surface area contributed by atoms with Gasteiger partial charge >= 0.3 is 0 Å². The van der Waals surface area contributed by atoms with E-state index in [4.69, 9.17) is 0 Å². The average Bonchev–Trinajstić information content (AvgIpc) is 2.46. The van der Waals surface area contributed by atoms with Gasteiger partial charge < -0.3 is 0 Å². The van der Waals surface area contributed by atoms with E-state index in [-0.39, 0.29) is 16.9 Å². The van der Waals surface area contributed by atoms with Gasteiger partial charge in [0.15, 0.2) is 0 Å². The standard InChI is InChI=1S/C18H14FN2O/c19-14-10-5-11-15-16(14)18(22)21(13-8-2-1-3-9-13)17(20-15)12-6-4-7-12/h1-5,8-12H,6-7H2. The first-order chi connectivity index (χ1) is 10.8. The number of aromatic nitrogens is 2. The average molecular weight is 293 g/mol. The van der Waals surface area contributed by atoms with Gasteiger partial charge in [-0.2, -0.15) is 0 Å². The molecule has 3 aromatic rings. The fraction of sp³-hybridized carbons (Fsp3) is 0.167. The van der Waals surface area contributed by atoms with Crippen LogP contribution >= 0.6 is 0 Å². The third kappa shape index (κ3) is 1.95. The van der Waals surface area contributed by atoms with Crippen LogP contribution in [0.5, 0.6) is 0 Å². The van der Waals surface area contributed by atoms with Crippen molar-refractivity contribution >= 4 is 10.9 Å². The molecular formula is C18H14FN2O. The topological polar surface area (TPSA) is 34.9 Å². The molecule has 109 valence electrons. The smallest absolute Gasteiger partial charge is 0.268 e. The molecule has 22 heavy (non-hydrogen) atoms. The third-order valence-electron chi connectivity index (χ3n) is 4.15. The molecule has 1 heterocycles. The molecular weight excluding hydrogens is 279 g/mol. The number of para-hydroxylation sites is 1. The Balaban J connectivity index is 2.09. The summed E-state index contributed by atoms with van der Waals surface area (Å²) in [6.45, 7) is 0. The molecule has 2 aromatic carbocycles. The van der Waals surface area contributed by atoms with Crippen LogP contribution in [0.2, 0.25) is 0 Å². The minimum atomic E-state index is -0.522. The van der Waals surface area contributed by atoms with Gasteiger partial charge in [-0.05, 0) is 43.5 Å². The van der Waals surface area contributed by atoms with Gasteiger partial charge in [-0.15, -0.1) is 0 Å². The summed E-state index contributed by atoms with van der Waals surface area (Å²) < 4.78 is 15.7. The number of rotatable bonds is 2. The van der Waals surface area contributed by atoms with E-state index in [0.717, 1.165) is 24.4 Å². The molecule has 0 atom stereocenters. The van der Waals surface area contributed by atoms with Gasteiger partial charge in [-0.1, -0.05) is 24.3 Å². The maximum Gasteiger partial charge on any atom is 0.268 e. The molecule has 0 N–H and O–H groups in total. The van der Waals surface area contributed by atoms with Gasteiger partial charge in [0.2, 0.25) is 0 Å². The fourth-order valence-electron chi connectivity index (χ4n) is 2.85. The molecule has 3 nitrogen and oxygen atoms in total. The van der Waals surface area contributed by atoms with Crippen molar-refractivity contribution in [3.63, 3.8) is 0 Å². The van der Waals surface area contributed by atoms with E-state index in [0.29, 0.717) is 5.52 Å². The highest BCUT2D eigenvalue weighted by Gasteiger charge is 2.27. The normalized spacial score (nSPS) is 15.0. The maximum absolute atomic E-state index is 14.1. The van der Waals surface area contributed by atoms with E-state index in [9.17, 15) is 9.18 Å². The van der Waals surface area contributed by atoms with Crippen LogP contribution in [0.25, 0.3) is 16.6 Å². The second kappa shape index (κ2) is 5.05. The van der Waals surface area contributed by atoms with E-state index in [1.807, 2.05) is 30.3 Å². The summed E-state index contributed by atoms with van der Waals surface area (Å²) in [5.41, 5.74) is 0.822. The largest absolute Gasteiger partial charge is 0.268 e. The van der Waals surface area contributed by atoms with Crippen molar-refractivity contribution in [1.29, 1.82) is 0 Å². The molecule has 0 saturated heterocycles. The van der Waals surface area contributed by atoms with E-state index >= 15 is 0 Å². The fourth-order valence-corrected chi connectivity index (χ4v) is 2.85. The van der Waals surface area contributed by atoms with Gasteiger partial charge in [0.1, 0.15) is 17.0 Å². The Morgan fingerprint density at radius 1 is 1.05 bits per heavy atom. The van der Waals surface area contributed by atoms with Gasteiger partial charge in [-0.25, -0.2) is 9.37 Å². The monoisotopic (exact) mass is 293 g/mol. The lowest BCUT2D eigenvalue weighted by atomic mass is 9.84. The Kier molecular flexibility index (Phi) is 3.03. The van der Waals surface area contributed by atoms with Crippen molar-refractivity contribution in [2.24, 2.45) is 0 Å². The molecule has 4 heteroatoms. The summed E-state index contributed by atoms with van der Waals surface area (Å²) in [6.07, 6.45) is 3.97. The Bertz CT molecular complexity index is 898. The second-order valence-electron chi connectivity index (χ2n) is 5.54. The summed E-state index contributed by atoms with van der Waals surface area (Å²) in [4.78, 5) is 17.5. The van der Waals surface area contributed by atoms with Crippen LogP contribution in [0.1, 0.15) is 24.6 Å². The third-order valence-corrected chi connectivity index (χ3v) is 4.15. The van der Waals surface area contributed by atoms with Gasteiger partial charge in [-0.3, -0.25) is 9.36 Å². The lowest BCUT2D eigenvalue weighted by molar-refractivity contribution is 0.498. The molecule has 0 bridgehead atoms. The molecule has 1 aliphatic carbocycles. The van der Waals surface area contributed by atoms with Gasteiger partial charge in [0.05, 0.1) is 11.2 Å². The molecule has 0 aliphatic heterocycles. The lowest BCUT2D eigenvalue weighted by Crippen LogP contribution is -2.28. The zero-order chi connectivity index (χ0) is 15.1. The summed E-state index contributed by atoms with van der Waals surface area (Å²) >= 11 is 0. The first kappa shape index (κ1) is 13.2.